The molecule has 1 aliphatic heterocycles. The topological polar surface area (TPSA) is 57.5 Å². The molecule has 1 aliphatic rings. The Morgan fingerprint density at radius 3 is 2.46 bits per heavy atom. The number of nitrogens with zero attached hydrogens (tertiary/aromatic N) is 4. The Kier molecular flexibility index (Phi) is 6.66. The van der Waals surface area contributed by atoms with Crippen LogP contribution >= 0.6 is 0 Å². The lowest BCUT2D eigenvalue weighted by atomic mass is 10.0. The van der Waals surface area contributed by atoms with Gasteiger partial charge in [-0.1, -0.05) is 0 Å². The van der Waals surface area contributed by atoms with Crippen molar-refractivity contribution in [2.24, 2.45) is 12.0 Å². The minimum atomic E-state index is 0.508. The van der Waals surface area contributed by atoms with Gasteiger partial charge in [-0.15, -0.1) is 0 Å². The second kappa shape index (κ2) is 8.51. The van der Waals surface area contributed by atoms with Crippen LogP contribution in [0.3, 0.4) is 0 Å². The maximum Gasteiger partial charge on any atom is 0.191 e. The highest BCUT2D eigenvalue weighted by Gasteiger charge is 2.21. The maximum absolute atomic E-state index is 4.79. The van der Waals surface area contributed by atoms with Crippen molar-refractivity contribution in [3.05, 3.63) is 17.0 Å². The van der Waals surface area contributed by atoms with Crippen LogP contribution in [0.2, 0.25) is 0 Å². The van der Waals surface area contributed by atoms with Gasteiger partial charge in [-0.3, -0.25) is 4.68 Å². The molecule has 1 saturated heterocycles. The summed E-state index contributed by atoms with van der Waals surface area (Å²) in [5.74, 6) is 0.920. The summed E-state index contributed by atoms with van der Waals surface area (Å²) in [5, 5.41) is 11.5. The van der Waals surface area contributed by atoms with Gasteiger partial charge in [0.2, 0.25) is 0 Å². The molecule has 6 heteroatoms. The van der Waals surface area contributed by atoms with E-state index in [0.717, 1.165) is 31.3 Å². The van der Waals surface area contributed by atoms with Crippen molar-refractivity contribution in [1.29, 1.82) is 0 Å². The fraction of sp³-hybridized carbons (Fsp3) is 0.778. The molecule has 1 aromatic heterocycles. The lowest BCUT2D eigenvalue weighted by Gasteiger charge is -2.35. The molecule has 1 aromatic rings. The highest BCUT2D eigenvalue weighted by molar-refractivity contribution is 5.80. The van der Waals surface area contributed by atoms with Crippen LogP contribution in [-0.4, -0.2) is 52.4 Å². The van der Waals surface area contributed by atoms with E-state index in [1.807, 2.05) is 11.7 Å². The normalized spacial score (nSPS) is 17.5. The summed E-state index contributed by atoms with van der Waals surface area (Å²) in [6.45, 7) is 14.7. The summed E-state index contributed by atoms with van der Waals surface area (Å²) in [6.07, 6.45) is 2.35. The Bertz CT molecular complexity index is 552. The van der Waals surface area contributed by atoms with Gasteiger partial charge in [0.05, 0.1) is 12.2 Å². The van der Waals surface area contributed by atoms with Crippen LogP contribution in [0.25, 0.3) is 0 Å². The van der Waals surface area contributed by atoms with Gasteiger partial charge in [0.25, 0.3) is 0 Å². The average Bonchev–Trinajstić information content (AvgIpc) is 2.78. The average molecular weight is 335 g/mol. The molecule has 6 nitrogen and oxygen atoms in total. The van der Waals surface area contributed by atoms with Gasteiger partial charge in [-0.25, -0.2) is 4.99 Å². The molecule has 2 N–H and O–H groups in total. The first-order valence-electron chi connectivity index (χ1n) is 9.20. The summed E-state index contributed by atoms with van der Waals surface area (Å²) in [5.41, 5.74) is 3.49. The molecule has 2 heterocycles. The van der Waals surface area contributed by atoms with Crippen molar-refractivity contribution in [2.75, 3.05) is 19.6 Å². The zero-order valence-corrected chi connectivity index (χ0v) is 16.2. The Morgan fingerprint density at radius 2 is 1.96 bits per heavy atom. The number of aromatic nitrogens is 2. The number of aryl methyl sites for hydroxylation is 2. The van der Waals surface area contributed by atoms with E-state index in [1.54, 1.807) is 0 Å². The molecule has 136 valence electrons. The third-order valence-corrected chi connectivity index (χ3v) is 5.00. The third-order valence-electron chi connectivity index (χ3n) is 5.00. The Hall–Kier alpha value is -1.56. The summed E-state index contributed by atoms with van der Waals surface area (Å²) in [7, 11) is 1.99. The molecular weight excluding hydrogens is 300 g/mol. The second-order valence-corrected chi connectivity index (χ2v) is 7.02. The monoisotopic (exact) mass is 334 g/mol. The molecule has 0 amide bonds. The minimum absolute atomic E-state index is 0.508. The van der Waals surface area contributed by atoms with Crippen molar-refractivity contribution in [3.63, 3.8) is 0 Å². The molecule has 0 atom stereocenters. The Balaban J connectivity index is 1.96. The summed E-state index contributed by atoms with van der Waals surface area (Å²) < 4.78 is 1.93. The molecule has 1 fully saturated rings. The van der Waals surface area contributed by atoms with Crippen molar-refractivity contribution in [3.8, 4) is 0 Å². The van der Waals surface area contributed by atoms with E-state index in [2.05, 4.69) is 55.3 Å². The molecule has 0 unspecified atom stereocenters. The van der Waals surface area contributed by atoms with E-state index in [-0.39, 0.29) is 0 Å². The number of aliphatic imine (C=N–C) groups is 1. The fourth-order valence-electron chi connectivity index (χ4n) is 3.28. The van der Waals surface area contributed by atoms with Gasteiger partial charge in [0, 0.05) is 50.0 Å². The van der Waals surface area contributed by atoms with Gasteiger partial charge in [-0.05, 0) is 47.5 Å². The smallest absolute Gasteiger partial charge is 0.191 e. The minimum Gasteiger partial charge on any atom is -0.357 e. The number of piperidine rings is 1. The first kappa shape index (κ1) is 18.8. The zero-order valence-electron chi connectivity index (χ0n) is 16.2. The highest BCUT2D eigenvalue weighted by Crippen LogP contribution is 2.14. The zero-order chi connectivity index (χ0) is 17.7. The lowest BCUT2D eigenvalue weighted by molar-refractivity contribution is 0.167. The third kappa shape index (κ3) is 4.72. The SMILES string of the molecule is CCNC(=NCc1c(C)nn(C)c1C)NC1CCN(C(C)C)CC1. The molecule has 0 radical (unpaired) electrons. The van der Waals surface area contributed by atoms with E-state index in [9.17, 15) is 0 Å². The number of guanidine groups is 1. The number of hydrogen-bond acceptors (Lipinski definition) is 3. The van der Waals surface area contributed by atoms with E-state index >= 15 is 0 Å². The Labute approximate surface area is 146 Å². The molecule has 0 bridgehead atoms. The van der Waals surface area contributed by atoms with E-state index in [0.29, 0.717) is 18.6 Å². The van der Waals surface area contributed by atoms with Crippen LogP contribution in [-0.2, 0) is 13.6 Å². The molecule has 2 rings (SSSR count). The standard InChI is InChI=1S/C18H34N6/c1-7-19-18(20-12-17-14(4)22-23(6)15(17)5)21-16-8-10-24(11-9-16)13(2)3/h13,16H,7-12H2,1-6H3,(H2,19,20,21). The lowest BCUT2D eigenvalue weighted by Crippen LogP contribution is -2.49. The quantitative estimate of drug-likeness (QED) is 0.638. The molecule has 0 spiro atoms. The van der Waals surface area contributed by atoms with Crippen molar-refractivity contribution in [2.45, 2.75) is 66.1 Å². The predicted molar refractivity (Wildman–Crippen MR) is 100 cm³/mol. The van der Waals surface area contributed by atoms with E-state index in [1.165, 1.54) is 24.1 Å². The predicted octanol–water partition coefficient (Wildman–Crippen LogP) is 1.96. The second-order valence-electron chi connectivity index (χ2n) is 7.02. The fourth-order valence-corrected chi connectivity index (χ4v) is 3.28. The number of likely N-dealkylation sites (tertiary alicyclic amines) is 1. The van der Waals surface area contributed by atoms with Crippen LogP contribution in [0.1, 0.15) is 50.6 Å². The van der Waals surface area contributed by atoms with Gasteiger partial charge in [0.15, 0.2) is 5.96 Å². The van der Waals surface area contributed by atoms with Crippen molar-refractivity contribution in [1.82, 2.24) is 25.3 Å². The molecule has 0 aromatic carbocycles. The van der Waals surface area contributed by atoms with E-state index < -0.39 is 0 Å². The van der Waals surface area contributed by atoms with Gasteiger partial charge in [-0.2, -0.15) is 5.10 Å². The first-order valence-corrected chi connectivity index (χ1v) is 9.20. The van der Waals surface area contributed by atoms with Crippen LogP contribution in [0.4, 0.5) is 0 Å². The summed E-state index contributed by atoms with van der Waals surface area (Å²) in [4.78, 5) is 7.34. The first-order chi connectivity index (χ1) is 11.4. The van der Waals surface area contributed by atoms with Crippen LogP contribution in [0.5, 0.6) is 0 Å². The van der Waals surface area contributed by atoms with Crippen LogP contribution < -0.4 is 10.6 Å². The summed E-state index contributed by atoms with van der Waals surface area (Å²) in [6, 6.07) is 1.15. The number of nitrogens with one attached hydrogen (secondary N) is 2. The molecular formula is C18H34N6. The molecule has 24 heavy (non-hydrogen) atoms. The van der Waals surface area contributed by atoms with Gasteiger partial charge in [0.1, 0.15) is 0 Å². The number of rotatable bonds is 5. The van der Waals surface area contributed by atoms with Crippen molar-refractivity contribution >= 4 is 5.96 Å². The largest absolute Gasteiger partial charge is 0.357 e. The van der Waals surface area contributed by atoms with Crippen LogP contribution in [0, 0.1) is 13.8 Å². The molecule has 0 aliphatic carbocycles. The maximum atomic E-state index is 4.79. The highest BCUT2D eigenvalue weighted by atomic mass is 15.3. The molecule has 0 saturated carbocycles. The van der Waals surface area contributed by atoms with Gasteiger partial charge >= 0.3 is 0 Å². The van der Waals surface area contributed by atoms with Gasteiger partial charge < -0.3 is 15.5 Å². The van der Waals surface area contributed by atoms with E-state index in [4.69, 9.17) is 4.99 Å². The number of hydrogen-bond donors (Lipinski definition) is 2. The summed E-state index contributed by atoms with van der Waals surface area (Å²) >= 11 is 0. The van der Waals surface area contributed by atoms with Crippen LogP contribution in [0.15, 0.2) is 4.99 Å². The van der Waals surface area contributed by atoms with Crippen molar-refractivity contribution < 1.29 is 0 Å². The Morgan fingerprint density at radius 1 is 1.29 bits per heavy atom.